The summed E-state index contributed by atoms with van der Waals surface area (Å²) in [6, 6.07) is 4.41. The van der Waals surface area contributed by atoms with Crippen LogP contribution in [0.5, 0.6) is 5.75 Å². The first-order valence-corrected chi connectivity index (χ1v) is 6.29. The number of phenols is 1. The SMILES string of the molecule is Nc1ccc(O)c(C(=O)C=CN2CCC(O)CC2)c1. The number of carbonyl (C=O) groups excluding carboxylic acids is 1. The molecule has 1 aliphatic heterocycles. The fraction of sp³-hybridized carbons (Fsp3) is 0.357. The van der Waals surface area contributed by atoms with Crippen molar-refractivity contribution in [2.45, 2.75) is 18.9 Å². The van der Waals surface area contributed by atoms with Gasteiger partial charge in [0.1, 0.15) is 5.75 Å². The molecule has 0 radical (unpaired) electrons. The number of likely N-dealkylation sites (tertiary alicyclic amines) is 1. The lowest BCUT2D eigenvalue weighted by atomic mass is 10.1. The number of aromatic hydroxyl groups is 1. The molecule has 1 fully saturated rings. The quantitative estimate of drug-likeness (QED) is 0.329. The zero-order valence-corrected chi connectivity index (χ0v) is 10.6. The van der Waals surface area contributed by atoms with E-state index in [9.17, 15) is 15.0 Å². The second-order valence-corrected chi connectivity index (χ2v) is 4.72. The number of carbonyl (C=O) groups is 1. The van der Waals surface area contributed by atoms with Gasteiger partial charge in [0.25, 0.3) is 0 Å². The molecule has 5 nitrogen and oxygen atoms in total. The van der Waals surface area contributed by atoms with Crippen LogP contribution in [0.1, 0.15) is 23.2 Å². The van der Waals surface area contributed by atoms with Crippen molar-refractivity contribution in [2.24, 2.45) is 0 Å². The van der Waals surface area contributed by atoms with Crippen molar-refractivity contribution in [1.29, 1.82) is 0 Å². The van der Waals surface area contributed by atoms with Crippen LogP contribution in [0.4, 0.5) is 5.69 Å². The van der Waals surface area contributed by atoms with Gasteiger partial charge in [-0.05, 0) is 31.0 Å². The molecular formula is C14H18N2O3. The molecule has 0 atom stereocenters. The van der Waals surface area contributed by atoms with E-state index in [1.54, 1.807) is 12.3 Å². The molecule has 0 aliphatic carbocycles. The van der Waals surface area contributed by atoms with Crippen LogP contribution in [0.25, 0.3) is 0 Å². The highest BCUT2D eigenvalue weighted by Gasteiger charge is 2.14. The van der Waals surface area contributed by atoms with Gasteiger partial charge in [0, 0.05) is 31.1 Å². The fourth-order valence-corrected chi connectivity index (χ4v) is 2.05. The molecule has 1 aromatic rings. The average molecular weight is 262 g/mol. The Kier molecular flexibility index (Phi) is 4.06. The van der Waals surface area contributed by atoms with Gasteiger partial charge in [0.2, 0.25) is 0 Å². The van der Waals surface area contributed by atoms with Crippen molar-refractivity contribution in [1.82, 2.24) is 4.90 Å². The smallest absolute Gasteiger partial charge is 0.191 e. The van der Waals surface area contributed by atoms with Gasteiger partial charge in [0.05, 0.1) is 11.7 Å². The number of aliphatic hydroxyl groups is 1. The first kappa shape index (κ1) is 13.4. The van der Waals surface area contributed by atoms with Crippen molar-refractivity contribution in [2.75, 3.05) is 18.8 Å². The summed E-state index contributed by atoms with van der Waals surface area (Å²) >= 11 is 0. The van der Waals surface area contributed by atoms with Crippen LogP contribution in [0.15, 0.2) is 30.5 Å². The van der Waals surface area contributed by atoms with Crippen LogP contribution in [-0.2, 0) is 0 Å². The van der Waals surface area contributed by atoms with E-state index in [1.165, 1.54) is 18.2 Å². The number of anilines is 1. The molecule has 1 saturated heterocycles. The van der Waals surface area contributed by atoms with Gasteiger partial charge in [0.15, 0.2) is 5.78 Å². The normalized spacial score (nSPS) is 17.0. The second kappa shape index (κ2) is 5.75. The van der Waals surface area contributed by atoms with Crippen molar-refractivity contribution in [3.63, 3.8) is 0 Å². The van der Waals surface area contributed by atoms with Gasteiger partial charge in [-0.25, -0.2) is 0 Å². The Morgan fingerprint density at radius 3 is 2.74 bits per heavy atom. The molecule has 1 aromatic carbocycles. The van der Waals surface area contributed by atoms with E-state index in [0.29, 0.717) is 18.5 Å². The van der Waals surface area contributed by atoms with Crippen LogP contribution >= 0.6 is 0 Å². The van der Waals surface area contributed by atoms with Crippen LogP contribution < -0.4 is 5.73 Å². The average Bonchev–Trinajstić information content (AvgIpc) is 2.40. The van der Waals surface area contributed by atoms with E-state index < -0.39 is 0 Å². The van der Waals surface area contributed by atoms with Crippen molar-refractivity contribution < 1.29 is 15.0 Å². The van der Waals surface area contributed by atoms with Crippen LogP contribution in [0.2, 0.25) is 0 Å². The number of nitrogens with two attached hydrogens (primary N) is 1. The summed E-state index contributed by atoms with van der Waals surface area (Å²) < 4.78 is 0. The number of aliphatic hydroxyl groups excluding tert-OH is 1. The molecule has 2 rings (SSSR count). The molecule has 1 heterocycles. The second-order valence-electron chi connectivity index (χ2n) is 4.72. The van der Waals surface area contributed by atoms with E-state index in [4.69, 9.17) is 5.73 Å². The van der Waals surface area contributed by atoms with Crippen molar-refractivity contribution >= 4 is 11.5 Å². The number of benzene rings is 1. The lowest BCUT2D eigenvalue weighted by Gasteiger charge is -2.28. The number of nitrogens with zero attached hydrogens (tertiary/aromatic N) is 1. The zero-order valence-electron chi connectivity index (χ0n) is 10.6. The Bertz CT molecular complexity index is 491. The highest BCUT2D eigenvalue weighted by molar-refractivity contribution is 6.06. The zero-order chi connectivity index (χ0) is 13.8. The highest BCUT2D eigenvalue weighted by Crippen LogP contribution is 2.20. The molecule has 5 heteroatoms. The van der Waals surface area contributed by atoms with E-state index in [1.807, 2.05) is 4.90 Å². The lowest BCUT2D eigenvalue weighted by molar-refractivity contribution is 0.100. The Hall–Kier alpha value is -2.01. The molecule has 0 bridgehead atoms. The first-order chi connectivity index (χ1) is 9.06. The third-order valence-electron chi connectivity index (χ3n) is 3.22. The molecule has 102 valence electrons. The van der Waals surface area contributed by atoms with Gasteiger partial charge >= 0.3 is 0 Å². The van der Waals surface area contributed by atoms with E-state index in [0.717, 1.165) is 13.1 Å². The Morgan fingerprint density at radius 1 is 1.37 bits per heavy atom. The minimum atomic E-state index is -0.282. The maximum absolute atomic E-state index is 11.9. The molecule has 0 unspecified atom stereocenters. The topological polar surface area (TPSA) is 86.8 Å². The number of rotatable bonds is 3. The predicted molar refractivity (Wildman–Crippen MR) is 72.8 cm³/mol. The van der Waals surface area contributed by atoms with E-state index in [-0.39, 0.29) is 23.2 Å². The molecule has 19 heavy (non-hydrogen) atoms. The predicted octanol–water partition coefficient (Wildman–Crippen LogP) is 1.13. The van der Waals surface area contributed by atoms with E-state index >= 15 is 0 Å². The van der Waals surface area contributed by atoms with Gasteiger partial charge < -0.3 is 20.8 Å². The summed E-state index contributed by atoms with van der Waals surface area (Å²) in [6.07, 6.45) is 4.31. The van der Waals surface area contributed by atoms with Crippen molar-refractivity contribution in [3.05, 3.63) is 36.0 Å². The minimum absolute atomic E-state index is 0.0714. The fourth-order valence-electron chi connectivity index (χ4n) is 2.05. The molecule has 4 N–H and O–H groups in total. The summed E-state index contributed by atoms with van der Waals surface area (Å²) in [7, 11) is 0. The van der Waals surface area contributed by atoms with Gasteiger partial charge in [-0.15, -0.1) is 0 Å². The maximum atomic E-state index is 11.9. The number of hydrogen-bond acceptors (Lipinski definition) is 5. The molecule has 0 spiro atoms. The summed E-state index contributed by atoms with van der Waals surface area (Å²) in [5, 5.41) is 19.0. The number of ketones is 1. The van der Waals surface area contributed by atoms with E-state index in [2.05, 4.69) is 0 Å². The molecular weight excluding hydrogens is 244 g/mol. The van der Waals surface area contributed by atoms with Crippen LogP contribution in [-0.4, -0.2) is 40.1 Å². The largest absolute Gasteiger partial charge is 0.507 e. The molecule has 1 aliphatic rings. The molecule has 0 amide bonds. The third-order valence-corrected chi connectivity index (χ3v) is 3.22. The summed E-state index contributed by atoms with van der Waals surface area (Å²) in [5.74, 6) is -0.353. The summed E-state index contributed by atoms with van der Waals surface area (Å²) in [4.78, 5) is 13.9. The number of allylic oxidation sites excluding steroid dienone is 1. The highest BCUT2D eigenvalue weighted by atomic mass is 16.3. The monoisotopic (exact) mass is 262 g/mol. The van der Waals surface area contributed by atoms with Crippen molar-refractivity contribution in [3.8, 4) is 5.75 Å². The van der Waals surface area contributed by atoms with Crippen LogP contribution in [0.3, 0.4) is 0 Å². The lowest BCUT2D eigenvalue weighted by Crippen LogP contribution is -2.32. The maximum Gasteiger partial charge on any atom is 0.191 e. The number of piperidine rings is 1. The first-order valence-electron chi connectivity index (χ1n) is 6.29. The Morgan fingerprint density at radius 2 is 2.05 bits per heavy atom. The minimum Gasteiger partial charge on any atom is -0.507 e. The van der Waals surface area contributed by atoms with Crippen LogP contribution in [0, 0.1) is 0 Å². The third kappa shape index (κ3) is 3.48. The summed E-state index contributed by atoms with van der Waals surface area (Å²) in [6.45, 7) is 1.46. The molecule has 0 saturated carbocycles. The Balaban J connectivity index is 2.02. The van der Waals surface area contributed by atoms with Gasteiger partial charge in [-0.1, -0.05) is 0 Å². The van der Waals surface area contributed by atoms with Gasteiger partial charge in [-0.2, -0.15) is 0 Å². The standard InChI is InChI=1S/C14H18N2O3/c15-10-1-2-13(18)12(9-10)14(19)5-8-16-6-3-11(17)4-7-16/h1-2,5,8-9,11,17-18H,3-4,6-7,15H2. The summed E-state index contributed by atoms with van der Waals surface area (Å²) in [5.41, 5.74) is 6.24. The number of nitrogen functional groups attached to an aromatic ring is 1. The Labute approximate surface area is 112 Å². The number of phenolic OH excluding ortho intramolecular Hbond substituents is 1. The molecule has 0 aromatic heterocycles. The van der Waals surface area contributed by atoms with Gasteiger partial charge in [-0.3, -0.25) is 4.79 Å². The number of hydrogen-bond donors (Lipinski definition) is 3.